The van der Waals surface area contributed by atoms with Gasteiger partial charge in [0.05, 0.1) is 12.1 Å². The smallest absolute Gasteiger partial charge is 0.317 e. The van der Waals surface area contributed by atoms with Gasteiger partial charge in [-0.2, -0.15) is 5.10 Å². The fourth-order valence-corrected chi connectivity index (χ4v) is 4.46. The van der Waals surface area contributed by atoms with Gasteiger partial charge in [-0.1, -0.05) is 13.8 Å². The van der Waals surface area contributed by atoms with Crippen molar-refractivity contribution in [3.8, 4) is 0 Å². The fraction of sp³-hybridized carbons (Fsp3) is 0.824. The van der Waals surface area contributed by atoms with Crippen LogP contribution in [0, 0.1) is 5.41 Å². The first-order chi connectivity index (χ1) is 11.6. The van der Waals surface area contributed by atoms with Crippen LogP contribution in [0.2, 0.25) is 0 Å². The number of urea groups is 1. The maximum Gasteiger partial charge on any atom is 0.317 e. The highest BCUT2D eigenvalue weighted by Crippen LogP contribution is 2.48. The molecule has 7 nitrogen and oxygen atoms in total. The highest BCUT2D eigenvalue weighted by Gasteiger charge is 2.53. The number of amides is 2. The summed E-state index contributed by atoms with van der Waals surface area (Å²) in [6.45, 7) is 5.92. The molecule has 0 aromatic carbocycles. The Balaban J connectivity index is 1.53. The Bertz CT molecular complexity index is 535. The van der Waals surface area contributed by atoms with Gasteiger partial charge in [0.1, 0.15) is 12.7 Å². The van der Waals surface area contributed by atoms with Crippen molar-refractivity contribution in [2.24, 2.45) is 5.41 Å². The third-order valence-corrected chi connectivity index (χ3v) is 6.25. The molecule has 1 aromatic rings. The molecule has 1 saturated heterocycles. The molecular formula is C17H29N5O2. The summed E-state index contributed by atoms with van der Waals surface area (Å²) in [5.41, 5.74) is 0.0868. The van der Waals surface area contributed by atoms with Crippen molar-refractivity contribution in [2.75, 3.05) is 20.2 Å². The molecule has 1 saturated carbocycles. The number of aromatic nitrogens is 3. The average molecular weight is 335 g/mol. The number of carbonyl (C=O) groups excluding carboxylic acids is 1. The van der Waals surface area contributed by atoms with Gasteiger partial charge in [0.2, 0.25) is 0 Å². The predicted octanol–water partition coefficient (Wildman–Crippen LogP) is 2.22. The van der Waals surface area contributed by atoms with Crippen LogP contribution in [0.3, 0.4) is 0 Å². The van der Waals surface area contributed by atoms with Crippen LogP contribution in [0.25, 0.3) is 0 Å². The molecule has 1 N–H and O–H groups in total. The summed E-state index contributed by atoms with van der Waals surface area (Å²) in [4.78, 5) is 18.6. The van der Waals surface area contributed by atoms with Gasteiger partial charge in [-0.15, -0.1) is 0 Å². The second-order valence-corrected chi connectivity index (χ2v) is 7.00. The second-order valence-electron chi connectivity index (χ2n) is 7.00. The van der Waals surface area contributed by atoms with E-state index in [2.05, 4.69) is 29.2 Å². The molecule has 0 radical (unpaired) electrons. The molecule has 0 bridgehead atoms. The first kappa shape index (κ1) is 17.2. The van der Waals surface area contributed by atoms with Gasteiger partial charge in [0.25, 0.3) is 0 Å². The number of nitrogens with one attached hydrogen (secondary N) is 1. The average Bonchev–Trinajstić information content (AvgIpc) is 3.14. The first-order valence-corrected chi connectivity index (χ1v) is 9.07. The Morgan fingerprint density at radius 2 is 2.04 bits per heavy atom. The largest absolute Gasteiger partial charge is 0.381 e. The molecule has 2 heterocycles. The third-order valence-electron chi connectivity index (χ3n) is 6.25. The molecule has 0 spiro atoms. The standard InChI is InChI=1S/C17H29N5O2/c1-4-17(5-2)14(10-15(17)24-3)20-16(23)21-8-6-13(7-9-21)22-12-18-11-19-22/h11-15H,4-10H2,1-3H3,(H,20,23). The molecule has 2 aliphatic rings. The summed E-state index contributed by atoms with van der Waals surface area (Å²) in [6, 6.07) is 0.638. The lowest BCUT2D eigenvalue weighted by molar-refractivity contribution is -0.120. The van der Waals surface area contributed by atoms with Gasteiger partial charge in [0, 0.05) is 31.7 Å². The monoisotopic (exact) mass is 335 g/mol. The van der Waals surface area contributed by atoms with Gasteiger partial charge >= 0.3 is 6.03 Å². The molecule has 1 aromatic heterocycles. The van der Waals surface area contributed by atoms with Crippen molar-refractivity contribution in [3.63, 3.8) is 0 Å². The van der Waals surface area contributed by atoms with Gasteiger partial charge in [0.15, 0.2) is 0 Å². The SMILES string of the molecule is CCC1(CC)C(NC(=O)N2CCC(n3cncn3)CC2)CC1OC. The van der Waals surface area contributed by atoms with Crippen molar-refractivity contribution < 1.29 is 9.53 Å². The van der Waals surface area contributed by atoms with E-state index in [0.29, 0.717) is 6.04 Å². The van der Waals surface area contributed by atoms with Crippen LogP contribution in [-0.4, -0.2) is 58.0 Å². The molecule has 24 heavy (non-hydrogen) atoms. The van der Waals surface area contributed by atoms with E-state index in [1.54, 1.807) is 19.8 Å². The van der Waals surface area contributed by atoms with Gasteiger partial charge < -0.3 is 15.0 Å². The summed E-state index contributed by atoms with van der Waals surface area (Å²) in [7, 11) is 1.78. The number of hydrogen-bond donors (Lipinski definition) is 1. The lowest BCUT2D eigenvalue weighted by Gasteiger charge is -2.55. The summed E-state index contributed by atoms with van der Waals surface area (Å²) in [6.07, 6.45) is 8.41. The zero-order chi connectivity index (χ0) is 17.2. The molecule has 1 aliphatic carbocycles. The highest BCUT2D eigenvalue weighted by atomic mass is 16.5. The van der Waals surface area contributed by atoms with E-state index in [0.717, 1.165) is 45.2 Å². The van der Waals surface area contributed by atoms with Gasteiger partial charge in [-0.25, -0.2) is 14.5 Å². The summed E-state index contributed by atoms with van der Waals surface area (Å²) >= 11 is 0. The van der Waals surface area contributed by atoms with Crippen LogP contribution in [0.15, 0.2) is 12.7 Å². The number of ether oxygens (including phenoxy) is 1. The number of methoxy groups -OCH3 is 1. The molecule has 1 aliphatic heterocycles. The lowest BCUT2D eigenvalue weighted by atomic mass is 9.58. The van der Waals surface area contributed by atoms with Crippen molar-refractivity contribution in [3.05, 3.63) is 12.7 Å². The molecule has 134 valence electrons. The molecule has 2 unspecified atom stereocenters. The molecule has 7 heteroatoms. The van der Waals surface area contributed by atoms with Crippen molar-refractivity contribution >= 4 is 6.03 Å². The molecule has 2 atom stereocenters. The Morgan fingerprint density at radius 3 is 2.58 bits per heavy atom. The minimum atomic E-state index is 0.0675. The number of carbonyl (C=O) groups is 1. The van der Waals surface area contributed by atoms with Crippen LogP contribution < -0.4 is 5.32 Å². The van der Waals surface area contributed by atoms with Crippen LogP contribution in [-0.2, 0) is 4.74 Å². The van der Waals surface area contributed by atoms with E-state index in [9.17, 15) is 4.79 Å². The quantitative estimate of drug-likeness (QED) is 0.895. The minimum absolute atomic E-state index is 0.0675. The van der Waals surface area contributed by atoms with Crippen molar-refractivity contribution in [1.82, 2.24) is 25.0 Å². The Labute approximate surface area is 143 Å². The van der Waals surface area contributed by atoms with Crippen LogP contribution in [0.4, 0.5) is 4.79 Å². The third kappa shape index (κ3) is 2.90. The molecule has 2 fully saturated rings. The topological polar surface area (TPSA) is 72.3 Å². The molecular weight excluding hydrogens is 306 g/mol. The van der Waals surface area contributed by atoms with E-state index in [4.69, 9.17) is 4.74 Å². The van der Waals surface area contributed by atoms with Gasteiger partial charge in [-0.3, -0.25) is 0 Å². The van der Waals surface area contributed by atoms with E-state index in [-0.39, 0.29) is 23.6 Å². The lowest BCUT2D eigenvalue weighted by Crippen LogP contribution is -2.65. The van der Waals surface area contributed by atoms with E-state index < -0.39 is 0 Å². The molecule has 3 rings (SSSR count). The molecule has 2 amide bonds. The number of hydrogen-bond acceptors (Lipinski definition) is 4. The second kappa shape index (κ2) is 7.09. The van der Waals surface area contributed by atoms with E-state index in [1.165, 1.54) is 0 Å². The first-order valence-electron chi connectivity index (χ1n) is 9.07. The van der Waals surface area contributed by atoms with E-state index >= 15 is 0 Å². The number of nitrogens with zero attached hydrogens (tertiary/aromatic N) is 4. The van der Waals surface area contributed by atoms with Crippen LogP contribution in [0.5, 0.6) is 0 Å². The maximum absolute atomic E-state index is 12.6. The van der Waals surface area contributed by atoms with Crippen LogP contribution >= 0.6 is 0 Å². The Kier molecular flexibility index (Phi) is 5.08. The number of likely N-dealkylation sites (tertiary alicyclic amines) is 1. The predicted molar refractivity (Wildman–Crippen MR) is 90.6 cm³/mol. The zero-order valence-electron chi connectivity index (χ0n) is 14.9. The Hall–Kier alpha value is -1.63. The van der Waals surface area contributed by atoms with Crippen molar-refractivity contribution in [2.45, 2.75) is 64.1 Å². The highest BCUT2D eigenvalue weighted by molar-refractivity contribution is 5.75. The summed E-state index contributed by atoms with van der Waals surface area (Å²) in [5, 5.41) is 7.48. The van der Waals surface area contributed by atoms with Gasteiger partial charge in [-0.05, 0) is 32.1 Å². The van der Waals surface area contributed by atoms with Crippen molar-refractivity contribution in [1.29, 1.82) is 0 Å². The fourth-order valence-electron chi connectivity index (χ4n) is 4.46. The normalized spacial score (nSPS) is 26.9. The number of piperidine rings is 1. The van der Waals surface area contributed by atoms with E-state index in [1.807, 2.05) is 9.58 Å². The summed E-state index contributed by atoms with van der Waals surface area (Å²) < 4.78 is 7.52. The summed E-state index contributed by atoms with van der Waals surface area (Å²) in [5.74, 6) is 0. The maximum atomic E-state index is 12.6. The number of rotatable bonds is 5. The Morgan fingerprint density at radius 1 is 1.33 bits per heavy atom. The van der Waals surface area contributed by atoms with Crippen LogP contribution in [0.1, 0.15) is 52.0 Å². The minimum Gasteiger partial charge on any atom is -0.381 e. The zero-order valence-corrected chi connectivity index (χ0v) is 14.9.